The Morgan fingerprint density at radius 2 is 2.00 bits per heavy atom. The molecule has 0 spiro atoms. The number of ether oxygens (including phenoxy) is 1. The SMILES string of the molecule is CCOC(=O)c1ccc(I)c(C(=O)CC)c1. The summed E-state index contributed by atoms with van der Waals surface area (Å²) in [6, 6.07) is 5.04. The van der Waals surface area contributed by atoms with E-state index in [4.69, 9.17) is 4.74 Å². The maximum Gasteiger partial charge on any atom is 0.338 e. The fraction of sp³-hybridized carbons (Fsp3) is 0.333. The highest BCUT2D eigenvalue weighted by Crippen LogP contribution is 2.17. The van der Waals surface area contributed by atoms with Crippen LogP contribution in [0.5, 0.6) is 0 Å². The van der Waals surface area contributed by atoms with Crippen LogP contribution in [0, 0.1) is 3.57 Å². The smallest absolute Gasteiger partial charge is 0.338 e. The molecule has 0 radical (unpaired) electrons. The third kappa shape index (κ3) is 3.04. The number of rotatable bonds is 4. The van der Waals surface area contributed by atoms with E-state index in [1.807, 2.05) is 0 Å². The highest BCUT2D eigenvalue weighted by Gasteiger charge is 2.13. The number of carbonyl (C=O) groups is 2. The van der Waals surface area contributed by atoms with E-state index in [2.05, 4.69) is 22.6 Å². The number of esters is 1. The van der Waals surface area contributed by atoms with Crippen molar-refractivity contribution in [1.82, 2.24) is 0 Å². The van der Waals surface area contributed by atoms with Crippen molar-refractivity contribution in [1.29, 1.82) is 0 Å². The highest BCUT2D eigenvalue weighted by molar-refractivity contribution is 14.1. The molecule has 0 fully saturated rings. The molecular formula is C12H13IO3. The molecule has 0 aliphatic carbocycles. The lowest BCUT2D eigenvalue weighted by Crippen LogP contribution is -2.08. The molecule has 3 nitrogen and oxygen atoms in total. The van der Waals surface area contributed by atoms with Crippen LogP contribution in [0.1, 0.15) is 41.0 Å². The Morgan fingerprint density at radius 3 is 2.56 bits per heavy atom. The lowest BCUT2D eigenvalue weighted by atomic mass is 10.1. The Bertz CT molecular complexity index is 413. The number of halogens is 1. The molecule has 16 heavy (non-hydrogen) atoms. The van der Waals surface area contributed by atoms with Gasteiger partial charge in [-0.25, -0.2) is 4.79 Å². The number of Topliss-reactive ketones (excluding diaryl/α,β-unsaturated/α-hetero) is 1. The lowest BCUT2D eigenvalue weighted by molar-refractivity contribution is 0.0526. The molecule has 0 saturated heterocycles. The Morgan fingerprint density at radius 1 is 1.31 bits per heavy atom. The summed E-state index contributed by atoms with van der Waals surface area (Å²) in [5.74, 6) is -0.348. The van der Waals surface area contributed by atoms with Crippen molar-refractivity contribution in [3.8, 4) is 0 Å². The average molecular weight is 332 g/mol. The van der Waals surface area contributed by atoms with Gasteiger partial charge in [0.2, 0.25) is 0 Å². The summed E-state index contributed by atoms with van der Waals surface area (Å²) >= 11 is 2.09. The molecule has 0 N–H and O–H groups in total. The maximum absolute atomic E-state index is 11.6. The molecule has 0 saturated carbocycles. The van der Waals surface area contributed by atoms with Gasteiger partial charge in [-0.05, 0) is 47.7 Å². The van der Waals surface area contributed by atoms with Crippen molar-refractivity contribution in [2.45, 2.75) is 20.3 Å². The average Bonchev–Trinajstić information content (AvgIpc) is 2.29. The first-order valence-electron chi connectivity index (χ1n) is 5.10. The minimum absolute atomic E-state index is 0.0375. The zero-order valence-electron chi connectivity index (χ0n) is 9.25. The van der Waals surface area contributed by atoms with Crippen LogP contribution in [0.2, 0.25) is 0 Å². The van der Waals surface area contributed by atoms with Gasteiger partial charge in [-0.3, -0.25) is 4.79 Å². The maximum atomic E-state index is 11.6. The van der Waals surface area contributed by atoms with Crippen molar-refractivity contribution in [2.75, 3.05) is 6.61 Å². The third-order valence-corrected chi connectivity index (χ3v) is 3.04. The van der Waals surface area contributed by atoms with Crippen molar-refractivity contribution in [3.63, 3.8) is 0 Å². The van der Waals surface area contributed by atoms with Crippen molar-refractivity contribution in [2.24, 2.45) is 0 Å². The fourth-order valence-electron chi connectivity index (χ4n) is 1.27. The fourth-order valence-corrected chi connectivity index (χ4v) is 1.91. The van der Waals surface area contributed by atoms with Crippen molar-refractivity contribution in [3.05, 3.63) is 32.9 Å². The minimum Gasteiger partial charge on any atom is -0.462 e. The Balaban J connectivity index is 3.07. The number of benzene rings is 1. The van der Waals surface area contributed by atoms with E-state index >= 15 is 0 Å². The first-order chi connectivity index (χ1) is 7.60. The predicted molar refractivity (Wildman–Crippen MR) is 69.7 cm³/mol. The summed E-state index contributed by atoms with van der Waals surface area (Å²) in [5, 5.41) is 0. The van der Waals surface area contributed by atoms with Crippen LogP contribution in [0.15, 0.2) is 18.2 Å². The van der Waals surface area contributed by atoms with Crippen molar-refractivity contribution < 1.29 is 14.3 Å². The largest absolute Gasteiger partial charge is 0.462 e. The zero-order chi connectivity index (χ0) is 12.1. The first kappa shape index (κ1) is 13.2. The summed E-state index contributed by atoms with van der Waals surface area (Å²) in [7, 11) is 0. The van der Waals surface area contributed by atoms with E-state index < -0.39 is 0 Å². The van der Waals surface area contributed by atoms with E-state index in [1.165, 1.54) is 0 Å². The minimum atomic E-state index is -0.385. The molecule has 4 heteroatoms. The molecule has 0 aromatic heterocycles. The van der Waals surface area contributed by atoms with Gasteiger partial charge in [-0.15, -0.1) is 0 Å². The highest BCUT2D eigenvalue weighted by atomic mass is 127. The molecule has 0 aliphatic rings. The molecule has 0 aliphatic heterocycles. The molecule has 0 unspecified atom stereocenters. The van der Waals surface area contributed by atoms with Crippen LogP contribution in [-0.2, 0) is 4.74 Å². The van der Waals surface area contributed by atoms with E-state index in [0.717, 1.165) is 3.57 Å². The second kappa shape index (κ2) is 5.98. The number of ketones is 1. The van der Waals surface area contributed by atoms with Gasteiger partial charge in [-0.1, -0.05) is 6.92 Å². The predicted octanol–water partition coefficient (Wildman–Crippen LogP) is 3.06. The van der Waals surface area contributed by atoms with Crippen molar-refractivity contribution >= 4 is 34.3 Å². The van der Waals surface area contributed by atoms with Crippen LogP contribution < -0.4 is 0 Å². The molecule has 0 bridgehead atoms. The Labute approximate surface area is 108 Å². The summed E-state index contributed by atoms with van der Waals surface area (Å²) in [5.41, 5.74) is 1.02. The van der Waals surface area contributed by atoms with E-state index in [0.29, 0.717) is 24.2 Å². The number of hydrogen-bond donors (Lipinski definition) is 0. The van der Waals surface area contributed by atoms with Crippen LogP contribution in [-0.4, -0.2) is 18.4 Å². The van der Waals surface area contributed by atoms with E-state index in [1.54, 1.807) is 32.0 Å². The topological polar surface area (TPSA) is 43.4 Å². The molecule has 86 valence electrons. The zero-order valence-corrected chi connectivity index (χ0v) is 11.4. The van der Waals surface area contributed by atoms with Crippen LogP contribution in [0.3, 0.4) is 0 Å². The molecular weight excluding hydrogens is 319 g/mol. The van der Waals surface area contributed by atoms with Gasteiger partial charge < -0.3 is 4.74 Å². The molecule has 1 rings (SSSR count). The third-order valence-electron chi connectivity index (χ3n) is 2.10. The van der Waals surface area contributed by atoms with Crippen LogP contribution in [0.25, 0.3) is 0 Å². The summed E-state index contributed by atoms with van der Waals surface area (Å²) in [6.45, 7) is 3.89. The quantitative estimate of drug-likeness (QED) is 0.484. The standard InChI is InChI=1S/C12H13IO3/c1-3-11(14)9-7-8(5-6-10(9)13)12(15)16-4-2/h5-7H,3-4H2,1-2H3. The van der Waals surface area contributed by atoms with Gasteiger partial charge in [0.15, 0.2) is 5.78 Å². The first-order valence-corrected chi connectivity index (χ1v) is 6.17. The van der Waals surface area contributed by atoms with Crippen LogP contribution >= 0.6 is 22.6 Å². The Hall–Kier alpha value is -0.910. The van der Waals surface area contributed by atoms with Gasteiger partial charge in [0.25, 0.3) is 0 Å². The Kier molecular flexibility index (Phi) is 4.92. The number of carbonyl (C=O) groups excluding carboxylic acids is 2. The summed E-state index contributed by atoms with van der Waals surface area (Å²) in [6.07, 6.45) is 0.433. The van der Waals surface area contributed by atoms with Gasteiger partial charge in [0.1, 0.15) is 0 Å². The molecule has 1 aromatic carbocycles. The van der Waals surface area contributed by atoms with E-state index in [9.17, 15) is 9.59 Å². The van der Waals surface area contributed by atoms with Crippen LogP contribution in [0.4, 0.5) is 0 Å². The summed E-state index contributed by atoms with van der Waals surface area (Å²) < 4.78 is 5.74. The van der Waals surface area contributed by atoms with Gasteiger partial charge in [-0.2, -0.15) is 0 Å². The van der Waals surface area contributed by atoms with Gasteiger partial charge in [0, 0.05) is 15.6 Å². The van der Waals surface area contributed by atoms with E-state index in [-0.39, 0.29) is 11.8 Å². The normalized spacial score (nSPS) is 9.94. The second-order valence-electron chi connectivity index (χ2n) is 3.19. The van der Waals surface area contributed by atoms with Gasteiger partial charge in [0.05, 0.1) is 12.2 Å². The summed E-state index contributed by atoms with van der Waals surface area (Å²) in [4.78, 5) is 23.1. The monoisotopic (exact) mass is 332 g/mol. The lowest BCUT2D eigenvalue weighted by Gasteiger charge is -2.05. The molecule has 0 heterocycles. The number of hydrogen-bond acceptors (Lipinski definition) is 3. The molecule has 0 amide bonds. The molecule has 0 atom stereocenters. The van der Waals surface area contributed by atoms with Gasteiger partial charge >= 0.3 is 5.97 Å². The molecule has 1 aromatic rings. The second-order valence-corrected chi connectivity index (χ2v) is 4.35.